The normalized spacial score (nSPS) is 20.1. The minimum absolute atomic E-state index is 0.0754. The molecular weight excluding hydrogens is 212 g/mol. The molecule has 1 unspecified atom stereocenters. The molecule has 4 nitrogen and oxygen atoms in total. The maximum absolute atomic E-state index is 5.91. The minimum atomic E-state index is 0.0754. The van der Waals surface area contributed by atoms with Crippen LogP contribution in [0.4, 0.5) is 5.82 Å². The molecular formula is C13H22N4. The summed E-state index contributed by atoms with van der Waals surface area (Å²) in [5.74, 6) is 1.06. The van der Waals surface area contributed by atoms with Gasteiger partial charge in [-0.05, 0) is 44.6 Å². The quantitative estimate of drug-likeness (QED) is 0.836. The van der Waals surface area contributed by atoms with Crippen molar-refractivity contribution < 1.29 is 0 Å². The van der Waals surface area contributed by atoms with E-state index in [9.17, 15) is 0 Å². The molecule has 0 aliphatic carbocycles. The van der Waals surface area contributed by atoms with Gasteiger partial charge in [0.1, 0.15) is 5.82 Å². The van der Waals surface area contributed by atoms with E-state index in [2.05, 4.69) is 27.9 Å². The molecule has 1 aromatic heterocycles. The van der Waals surface area contributed by atoms with Crippen molar-refractivity contribution in [1.29, 1.82) is 0 Å². The predicted molar refractivity (Wildman–Crippen MR) is 71.2 cm³/mol. The number of anilines is 1. The summed E-state index contributed by atoms with van der Waals surface area (Å²) in [6.07, 6.45) is 3.06. The average molecular weight is 234 g/mol. The number of nitrogens with zero attached hydrogens (tertiary/aromatic N) is 3. The van der Waals surface area contributed by atoms with Crippen LogP contribution in [0.15, 0.2) is 18.3 Å². The molecule has 4 heteroatoms. The Balaban J connectivity index is 2.13. The topological polar surface area (TPSA) is 45.4 Å². The first-order chi connectivity index (χ1) is 8.16. The first-order valence-electron chi connectivity index (χ1n) is 6.32. The SMILES string of the molecule is CC(N)c1ccnc(N2CCCN(C)CC2)c1. The highest BCUT2D eigenvalue weighted by atomic mass is 15.2. The molecule has 1 aliphatic heterocycles. The third-order valence-corrected chi connectivity index (χ3v) is 3.34. The summed E-state index contributed by atoms with van der Waals surface area (Å²) in [5.41, 5.74) is 7.07. The van der Waals surface area contributed by atoms with Crippen molar-refractivity contribution in [1.82, 2.24) is 9.88 Å². The van der Waals surface area contributed by atoms with Crippen LogP contribution in [-0.2, 0) is 0 Å². The fourth-order valence-electron chi connectivity index (χ4n) is 2.17. The van der Waals surface area contributed by atoms with Gasteiger partial charge < -0.3 is 15.5 Å². The van der Waals surface area contributed by atoms with Gasteiger partial charge in [0.15, 0.2) is 0 Å². The maximum Gasteiger partial charge on any atom is 0.128 e. The molecule has 1 aromatic rings. The first-order valence-corrected chi connectivity index (χ1v) is 6.32. The van der Waals surface area contributed by atoms with Crippen molar-refractivity contribution in [2.24, 2.45) is 5.73 Å². The summed E-state index contributed by atoms with van der Waals surface area (Å²) >= 11 is 0. The fourth-order valence-corrected chi connectivity index (χ4v) is 2.17. The number of rotatable bonds is 2. The molecule has 2 rings (SSSR count). The van der Waals surface area contributed by atoms with Crippen molar-refractivity contribution in [3.63, 3.8) is 0 Å². The monoisotopic (exact) mass is 234 g/mol. The fraction of sp³-hybridized carbons (Fsp3) is 0.615. The summed E-state index contributed by atoms with van der Waals surface area (Å²) in [5, 5.41) is 0. The summed E-state index contributed by atoms with van der Waals surface area (Å²) in [6, 6.07) is 4.19. The lowest BCUT2D eigenvalue weighted by Gasteiger charge is -2.22. The first kappa shape index (κ1) is 12.3. The molecule has 2 N–H and O–H groups in total. The zero-order chi connectivity index (χ0) is 12.3. The van der Waals surface area contributed by atoms with E-state index in [-0.39, 0.29) is 6.04 Å². The van der Waals surface area contributed by atoms with Crippen molar-refractivity contribution in [2.45, 2.75) is 19.4 Å². The lowest BCUT2D eigenvalue weighted by atomic mass is 10.1. The summed E-state index contributed by atoms with van der Waals surface area (Å²) < 4.78 is 0. The smallest absolute Gasteiger partial charge is 0.128 e. The van der Waals surface area contributed by atoms with Gasteiger partial charge in [0.05, 0.1) is 0 Å². The molecule has 0 aromatic carbocycles. The van der Waals surface area contributed by atoms with Crippen LogP contribution in [0.25, 0.3) is 0 Å². The van der Waals surface area contributed by atoms with Gasteiger partial charge in [0, 0.05) is 31.9 Å². The van der Waals surface area contributed by atoms with Crippen LogP contribution < -0.4 is 10.6 Å². The van der Waals surface area contributed by atoms with Crippen molar-refractivity contribution in [3.8, 4) is 0 Å². The molecule has 0 radical (unpaired) electrons. The van der Waals surface area contributed by atoms with Gasteiger partial charge in [0.2, 0.25) is 0 Å². The van der Waals surface area contributed by atoms with Crippen LogP contribution in [0.2, 0.25) is 0 Å². The Morgan fingerprint density at radius 1 is 1.29 bits per heavy atom. The lowest BCUT2D eigenvalue weighted by molar-refractivity contribution is 0.360. The number of aromatic nitrogens is 1. The van der Waals surface area contributed by atoms with E-state index in [0.717, 1.165) is 31.0 Å². The Kier molecular flexibility index (Phi) is 3.97. The highest BCUT2D eigenvalue weighted by Crippen LogP contribution is 2.17. The van der Waals surface area contributed by atoms with E-state index < -0.39 is 0 Å². The van der Waals surface area contributed by atoms with E-state index in [1.165, 1.54) is 13.0 Å². The second-order valence-corrected chi connectivity index (χ2v) is 4.88. The van der Waals surface area contributed by atoms with E-state index in [4.69, 9.17) is 5.73 Å². The van der Waals surface area contributed by atoms with Crippen LogP contribution in [0.1, 0.15) is 24.9 Å². The van der Waals surface area contributed by atoms with Gasteiger partial charge >= 0.3 is 0 Å². The molecule has 94 valence electrons. The average Bonchev–Trinajstić information content (AvgIpc) is 2.54. The minimum Gasteiger partial charge on any atom is -0.355 e. The van der Waals surface area contributed by atoms with Crippen LogP contribution in [0.3, 0.4) is 0 Å². The predicted octanol–water partition coefficient (Wildman–Crippen LogP) is 1.24. The van der Waals surface area contributed by atoms with E-state index in [1.54, 1.807) is 0 Å². The number of nitrogens with two attached hydrogens (primary N) is 1. The summed E-state index contributed by atoms with van der Waals surface area (Å²) in [6.45, 7) is 6.41. The molecule has 0 spiro atoms. The maximum atomic E-state index is 5.91. The molecule has 0 bridgehead atoms. The molecule has 0 saturated carbocycles. The second-order valence-electron chi connectivity index (χ2n) is 4.88. The largest absolute Gasteiger partial charge is 0.355 e. The molecule has 1 fully saturated rings. The molecule has 1 atom stereocenters. The van der Waals surface area contributed by atoms with Crippen LogP contribution in [-0.4, -0.2) is 43.1 Å². The molecule has 1 aliphatic rings. The number of hydrogen-bond donors (Lipinski definition) is 1. The Labute approximate surface area is 103 Å². The molecule has 2 heterocycles. The van der Waals surface area contributed by atoms with Gasteiger partial charge in [-0.25, -0.2) is 4.98 Å². The number of hydrogen-bond acceptors (Lipinski definition) is 4. The van der Waals surface area contributed by atoms with Gasteiger partial charge in [-0.2, -0.15) is 0 Å². The Morgan fingerprint density at radius 3 is 2.88 bits per heavy atom. The molecule has 17 heavy (non-hydrogen) atoms. The highest BCUT2D eigenvalue weighted by Gasteiger charge is 2.14. The third kappa shape index (κ3) is 3.17. The van der Waals surface area contributed by atoms with E-state index in [0.29, 0.717) is 0 Å². The van der Waals surface area contributed by atoms with Crippen LogP contribution >= 0.6 is 0 Å². The Hall–Kier alpha value is -1.13. The summed E-state index contributed by atoms with van der Waals surface area (Å²) in [4.78, 5) is 9.19. The van der Waals surface area contributed by atoms with Crippen molar-refractivity contribution in [3.05, 3.63) is 23.9 Å². The number of likely N-dealkylation sites (N-methyl/N-ethyl adjacent to an activating group) is 1. The highest BCUT2D eigenvalue weighted by molar-refractivity contribution is 5.41. The second kappa shape index (κ2) is 5.47. The Bertz CT molecular complexity index is 364. The van der Waals surface area contributed by atoms with Gasteiger partial charge in [-0.15, -0.1) is 0 Å². The van der Waals surface area contributed by atoms with Gasteiger partial charge in [-0.3, -0.25) is 0 Å². The summed E-state index contributed by atoms with van der Waals surface area (Å²) in [7, 11) is 2.18. The molecule has 1 saturated heterocycles. The van der Waals surface area contributed by atoms with Crippen LogP contribution in [0, 0.1) is 0 Å². The standard InChI is InChI=1S/C13H22N4/c1-11(14)12-4-5-15-13(10-12)17-7-3-6-16(2)8-9-17/h4-5,10-11H,3,6-9,14H2,1-2H3. The third-order valence-electron chi connectivity index (χ3n) is 3.34. The van der Waals surface area contributed by atoms with Crippen LogP contribution in [0.5, 0.6) is 0 Å². The van der Waals surface area contributed by atoms with E-state index >= 15 is 0 Å². The zero-order valence-electron chi connectivity index (χ0n) is 10.8. The molecule has 0 amide bonds. The van der Waals surface area contributed by atoms with E-state index in [1.807, 2.05) is 19.2 Å². The van der Waals surface area contributed by atoms with Crippen molar-refractivity contribution >= 4 is 5.82 Å². The number of pyridine rings is 1. The van der Waals surface area contributed by atoms with Gasteiger partial charge in [-0.1, -0.05) is 0 Å². The lowest BCUT2D eigenvalue weighted by Crippen LogP contribution is -2.29. The Morgan fingerprint density at radius 2 is 2.12 bits per heavy atom. The van der Waals surface area contributed by atoms with Gasteiger partial charge in [0.25, 0.3) is 0 Å². The van der Waals surface area contributed by atoms with Crippen molar-refractivity contribution in [2.75, 3.05) is 38.1 Å². The zero-order valence-corrected chi connectivity index (χ0v) is 10.8.